The fourth-order valence-corrected chi connectivity index (χ4v) is 2.85. The maximum absolute atomic E-state index is 13.2. The Morgan fingerprint density at radius 1 is 1.10 bits per heavy atom. The highest BCUT2D eigenvalue weighted by atomic mass is 32.1. The van der Waals surface area contributed by atoms with Gasteiger partial charge in [-0.25, -0.2) is 9.37 Å². The third kappa shape index (κ3) is 3.23. The third-order valence-electron chi connectivity index (χ3n) is 3.06. The van der Waals surface area contributed by atoms with Crippen LogP contribution in [0, 0.1) is 5.82 Å². The van der Waals surface area contributed by atoms with Crippen molar-refractivity contribution in [3.8, 4) is 10.6 Å². The number of halogens is 1. The molecule has 0 unspecified atom stereocenters. The molecule has 0 N–H and O–H groups in total. The van der Waals surface area contributed by atoms with Gasteiger partial charge >= 0.3 is 0 Å². The topological polar surface area (TPSA) is 30.0 Å². The molecule has 0 aliphatic heterocycles. The van der Waals surface area contributed by atoms with Gasteiger partial charge in [-0.15, -0.1) is 11.3 Å². The molecule has 0 fully saturated rings. The number of hydrogen-bond acceptors (Lipinski definition) is 3. The number of thiazole rings is 1. The largest absolute Gasteiger partial charge is 0.294 e. The number of rotatable bonds is 4. The van der Waals surface area contributed by atoms with Gasteiger partial charge < -0.3 is 0 Å². The number of carbonyl (C=O) groups is 1. The SMILES string of the molecule is O=C(Cc1csc(-c2cccc(F)c2)n1)c1ccccc1. The standard InChI is InChI=1S/C17H12FNOS/c18-14-8-4-7-13(9-14)17-19-15(11-21-17)10-16(20)12-5-2-1-3-6-12/h1-9,11H,10H2. The van der Waals surface area contributed by atoms with Gasteiger partial charge in [0.05, 0.1) is 12.1 Å². The first-order chi connectivity index (χ1) is 10.2. The van der Waals surface area contributed by atoms with Crippen molar-refractivity contribution in [3.63, 3.8) is 0 Å². The molecule has 2 aromatic carbocycles. The number of ketones is 1. The fraction of sp³-hybridized carbons (Fsp3) is 0.0588. The summed E-state index contributed by atoms with van der Waals surface area (Å²) in [5.74, 6) is -0.253. The maximum Gasteiger partial charge on any atom is 0.168 e. The molecule has 1 aromatic heterocycles. The van der Waals surface area contributed by atoms with Crippen LogP contribution in [0.5, 0.6) is 0 Å². The monoisotopic (exact) mass is 297 g/mol. The zero-order chi connectivity index (χ0) is 14.7. The van der Waals surface area contributed by atoms with Crippen LogP contribution in [-0.2, 0) is 6.42 Å². The van der Waals surface area contributed by atoms with Crippen molar-refractivity contribution in [3.05, 3.63) is 77.1 Å². The molecule has 0 bridgehead atoms. The van der Waals surface area contributed by atoms with Gasteiger partial charge in [-0.1, -0.05) is 42.5 Å². The molecular formula is C17H12FNOS. The first-order valence-electron chi connectivity index (χ1n) is 6.51. The molecule has 1 heterocycles. The average molecular weight is 297 g/mol. The van der Waals surface area contributed by atoms with Crippen molar-refractivity contribution in [2.45, 2.75) is 6.42 Å². The Hall–Kier alpha value is -2.33. The minimum Gasteiger partial charge on any atom is -0.294 e. The number of aromatic nitrogens is 1. The fourth-order valence-electron chi connectivity index (χ4n) is 2.03. The summed E-state index contributed by atoms with van der Waals surface area (Å²) in [6.45, 7) is 0. The van der Waals surface area contributed by atoms with Crippen LogP contribution >= 0.6 is 11.3 Å². The number of hydrogen-bond donors (Lipinski definition) is 0. The molecule has 3 aromatic rings. The van der Waals surface area contributed by atoms with E-state index in [2.05, 4.69) is 4.98 Å². The molecular weight excluding hydrogens is 285 g/mol. The van der Waals surface area contributed by atoms with Gasteiger partial charge in [-0.05, 0) is 12.1 Å². The minimum absolute atomic E-state index is 0.0340. The van der Waals surface area contributed by atoms with E-state index in [0.717, 1.165) is 10.6 Å². The first kappa shape index (κ1) is 13.6. The van der Waals surface area contributed by atoms with Crippen molar-refractivity contribution in [1.82, 2.24) is 4.98 Å². The van der Waals surface area contributed by atoms with Crippen LogP contribution in [0.3, 0.4) is 0 Å². The Morgan fingerprint density at radius 3 is 2.67 bits per heavy atom. The lowest BCUT2D eigenvalue weighted by Crippen LogP contribution is -2.03. The zero-order valence-corrected chi connectivity index (χ0v) is 11.9. The van der Waals surface area contributed by atoms with E-state index in [0.29, 0.717) is 11.3 Å². The Bertz CT molecular complexity index is 767. The molecule has 4 heteroatoms. The summed E-state index contributed by atoms with van der Waals surface area (Å²) in [4.78, 5) is 16.5. The second kappa shape index (κ2) is 5.97. The molecule has 0 spiro atoms. The molecule has 0 saturated carbocycles. The van der Waals surface area contributed by atoms with E-state index in [-0.39, 0.29) is 18.0 Å². The normalized spacial score (nSPS) is 10.5. The molecule has 0 radical (unpaired) electrons. The summed E-state index contributed by atoms with van der Waals surface area (Å²) >= 11 is 1.42. The Morgan fingerprint density at radius 2 is 1.90 bits per heavy atom. The molecule has 3 rings (SSSR count). The van der Waals surface area contributed by atoms with Crippen molar-refractivity contribution in [2.24, 2.45) is 0 Å². The Balaban J connectivity index is 1.78. The van der Waals surface area contributed by atoms with Gasteiger partial charge in [0.2, 0.25) is 0 Å². The molecule has 0 aliphatic carbocycles. The molecule has 0 amide bonds. The van der Waals surface area contributed by atoms with Gasteiger partial charge in [0.15, 0.2) is 5.78 Å². The van der Waals surface area contributed by atoms with Crippen LogP contribution in [-0.4, -0.2) is 10.8 Å². The van der Waals surface area contributed by atoms with Gasteiger partial charge in [0.1, 0.15) is 10.8 Å². The highest BCUT2D eigenvalue weighted by Gasteiger charge is 2.11. The number of benzene rings is 2. The second-order valence-corrected chi connectivity index (χ2v) is 5.48. The Labute approximate surface area is 125 Å². The summed E-state index contributed by atoms with van der Waals surface area (Å²) < 4.78 is 13.2. The first-order valence-corrected chi connectivity index (χ1v) is 7.39. The smallest absolute Gasteiger partial charge is 0.168 e. The Kier molecular flexibility index (Phi) is 3.88. The van der Waals surface area contributed by atoms with Gasteiger partial charge in [-0.2, -0.15) is 0 Å². The molecule has 2 nitrogen and oxygen atoms in total. The number of Topliss-reactive ketones (excluding diaryl/α,β-unsaturated/α-hetero) is 1. The predicted molar refractivity (Wildman–Crippen MR) is 82.0 cm³/mol. The van der Waals surface area contributed by atoms with Crippen LogP contribution in [0.1, 0.15) is 16.1 Å². The van der Waals surface area contributed by atoms with E-state index >= 15 is 0 Å². The summed E-state index contributed by atoms with van der Waals surface area (Å²) in [6.07, 6.45) is 0.260. The van der Waals surface area contributed by atoms with Gasteiger partial charge in [0.25, 0.3) is 0 Å². The van der Waals surface area contributed by atoms with E-state index < -0.39 is 0 Å². The second-order valence-electron chi connectivity index (χ2n) is 4.62. The van der Waals surface area contributed by atoms with E-state index in [1.165, 1.54) is 23.5 Å². The van der Waals surface area contributed by atoms with E-state index in [4.69, 9.17) is 0 Å². The molecule has 21 heavy (non-hydrogen) atoms. The minimum atomic E-state index is -0.287. The molecule has 0 aliphatic rings. The summed E-state index contributed by atoms with van der Waals surface area (Å²) in [5, 5.41) is 2.58. The van der Waals surface area contributed by atoms with E-state index in [9.17, 15) is 9.18 Å². The van der Waals surface area contributed by atoms with E-state index in [1.807, 2.05) is 29.6 Å². The molecule has 0 atom stereocenters. The van der Waals surface area contributed by atoms with E-state index in [1.54, 1.807) is 18.2 Å². The number of carbonyl (C=O) groups excluding carboxylic acids is 1. The lowest BCUT2D eigenvalue weighted by Gasteiger charge is -1.98. The predicted octanol–water partition coefficient (Wildman–Crippen LogP) is 4.37. The van der Waals surface area contributed by atoms with Crippen LogP contribution in [0.15, 0.2) is 60.0 Å². The lowest BCUT2D eigenvalue weighted by atomic mass is 10.1. The summed E-state index contributed by atoms with van der Waals surface area (Å²) in [6, 6.07) is 15.5. The maximum atomic E-state index is 13.2. The lowest BCUT2D eigenvalue weighted by molar-refractivity contribution is 0.0992. The zero-order valence-electron chi connectivity index (χ0n) is 11.1. The van der Waals surface area contributed by atoms with Gasteiger partial charge in [-0.3, -0.25) is 4.79 Å². The van der Waals surface area contributed by atoms with Crippen LogP contribution in [0.25, 0.3) is 10.6 Å². The van der Waals surface area contributed by atoms with Crippen LogP contribution in [0.2, 0.25) is 0 Å². The van der Waals surface area contributed by atoms with Crippen molar-refractivity contribution in [2.75, 3.05) is 0 Å². The number of nitrogens with zero attached hydrogens (tertiary/aromatic N) is 1. The van der Waals surface area contributed by atoms with Crippen LogP contribution < -0.4 is 0 Å². The van der Waals surface area contributed by atoms with Gasteiger partial charge in [0, 0.05) is 16.5 Å². The average Bonchev–Trinajstić information content (AvgIpc) is 2.97. The highest BCUT2D eigenvalue weighted by Crippen LogP contribution is 2.24. The summed E-state index contributed by atoms with van der Waals surface area (Å²) in [5.41, 5.74) is 2.13. The van der Waals surface area contributed by atoms with Crippen molar-refractivity contribution >= 4 is 17.1 Å². The molecule has 104 valence electrons. The quantitative estimate of drug-likeness (QED) is 0.669. The van der Waals surface area contributed by atoms with Crippen LogP contribution in [0.4, 0.5) is 4.39 Å². The summed E-state index contributed by atoms with van der Waals surface area (Å²) in [7, 11) is 0. The van der Waals surface area contributed by atoms with Crippen molar-refractivity contribution < 1.29 is 9.18 Å². The molecule has 0 saturated heterocycles. The third-order valence-corrected chi connectivity index (χ3v) is 4.00. The highest BCUT2D eigenvalue weighted by molar-refractivity contribution is 7.13. The van der Waals surface area contributed by atoms with Crippen molar-refractivity contribution in [1.29, 1.82) is 0 Å².